The Morgan fingerprint density at radius 3 is 2.81 bits per heavy atom. The largest absolute Gasteiger partial charge is 0.476 e. The van der Waals surface area contributed by atoms with Crippen molar-refractivity contribution in [3.8, 4) is 11.3 Å². The van der Waals surface area contributed by atoms with Gasteiger partial charge in [-0.05, 0) is 17.5 Å². The summed E-state index contributed by atoms with van der Waals surface area (Å²) in [6, 6.07) is 0. The maximum atomic E-state index is 10.9. The fourth-order valence-electron chi connectivity index (χ4n) is 2.54. The number of β-amino-alcohol motifs (C(OH)–C–C–N with tert-alkyl or cyclic N) is 1. The molecule has 138 valence electrons. The first-order valence-corrected chi connectivity index (χ1v) is 9.04. The Labute approximate surface area is 165 Å². The van der Waals surface area contributed by atoms with E-state index in [0.29, 0.717) is 40.7 Å². The number of fused-ring (bicyclic) bond motifs is 1. The highest BCUT2D eigenvalue weighted by Crippen LogP contribution is 2.37. The average Bonchev–Trinajstić information content (AvgIpc) is 3.17. The number of aliphatic hydroxyl groups is 1. The number of aromatic carboxylic acids is 1. The van der Waals surface area contributed by atoms with Gasteiger partial charge < -0.3 is 24.5 Å². The third kappa shape index (κ3) is 3.30. The predicted molar refractivity (Wildman–Crippen MR) is 97.4 cm³/mol. The third-order valence-electron chi connectivity index (χ3n) is 3.77. The Hall–Kier alpha value is -2.45. The van der Waals surface area contributed by atoms with Crippen LogP contribution < -0.4 is 4.90 Å². The molecule has 12 heteroatoms. The molecule has 1 fully saturated rings. The minimum atomic E-state index is -1.20. The van der Waals surface area contributed by atoms with Gasteiger partial charge in [0.15, 0.2) is 5.69 Å². The summed E-state index contributed by atoms with van der Waals surface area (Å²) in [6.45, 7) is 0.798. The van der Waals surface area contributed by atoms with Crippen LogP contribution in [-0.4, -0.2) is 55.3 Å². The number of aliphatic hydroxyl groups excluding tert-OH is 1. The maximum Gasteiger partial charge on any atom is 0.357 e. The van der Waals surface area contributed by atoms with E-state index in [0.717, 1.165) is 18.0 Å². The summed E-state index contributed by atoms with van der Waals surface area (Å²) in [5.74, 6) is 1.97. The monoisotopic (exact) mass is 425 g/mol. The second-order valence-corrected chi connectivity index (χ2v) is 7.04. The van der Waals surface area contributed by atoms with Gasteiger partial charge in [-0.3, -0.25) is 0 Å². The molecule has 3 aromatic rings. The number of halogens is 2. The molecule has 0 aromatic carbocycles. The van der Waals surface area contributed by atoms with Crippen LogP contribution in [0.3, 0.4) is 0 Å². The number of rotatable bonds is 4. The molecule has 0 bridgehead atoms. The van der Waals surface area contributed by atoms with Crippen LogP contribution in [0.25, 0.3) is 11.0 Å². The van der Waals surface area contributed by atoms with E-state index in [-0.39, 0.29) is 16.1 Å². The van der Waals surface area contributed by atoms with Crippen molar-refractivity contribution >= 4 is 57.8 Å². The van der Waals surface area contributed by atoms with Gasteiger partial charge in [-0.25, -0.2) is 14.8 Å². The standard InChI is InChI=1S/C15H9Cl2N5O4S/c16-2-1-7-10(17)9-11(18-7)20-14(21-12(9)22-3-6(23)4-22)27-15-19-8(5-26-15)13(24)25/h5-6,23H,3-4H2,(H,24,25)(H,18,20,21). The van der Waals surface area contributed by atoms with Crippen LogP contribution in [0.4, 0.5) is 5.82 Å². The molecule has 0 aliphatic carbocycles. The van der Waals surface area contributed by atoms with Crippen molar-refractivity contribution in [1.29, 1.82) is 0 Å². The van der Waals surface area contributed by atoms with E-state index >= 15 is 0 Å². The number of carboxylic acids is 1. The van der Waals surface area contributed by atoms with E-state index in [2.05, 4.69) is 31.2 Å². The lowest BCUT2D eigenvalue weighted by Crippen LogP contribution is -2.51. The molecule has 0 atom stereocenters. The lowest BCUT2D eigenvalue weighted by atomic mass is 10.1. The number of hydrogen-bond donors (Lipinski definition) is 3. The topological polar surface area (TPSA) is 128 Å². The molecule has 1 aliphatic rings. The quantitative estimate of drug-likeness (QED) is 0.425. The fraction of sp³-hybridized carbons (Fsp3) is 0.200. The van der Waals surface area contributed by atoms with Gasteiger partial charge in [-0.2, -0.15) is 4.98 Å². The molecule has 1 aliphatic heterocycles. The van der Waals surface area contributed by atoms with Crippen LogP contribution >= 0.6 is 35.0 Å². The molecule has 4 heterocycles. The predicted octanol–water partition coefficient (Wildman–Crippen LogP) is 2.18. The Balaban J connectivity index is 1.78. The minimum Gasteiger partial charge on any atom is -0.476 e. The van der Waals surface area contributed by atoms with E-state index in [4.69, 9.17) is 32.7 Å². The molecular formula is C15H9Cl2N5O4S. The molecule has 3 aromatic heterocycles. The molecule has 27 heavy (non-hydrogen) atoms. The van der Waals surface area contributed by atoms with Gasteiger partial charge in [0.2, 0.25) is 5.16 Å². The zero-order chi connectivity index (χ0) is 19.1. The highest BCUT2D eigenvalue weighted by atomic mass is 35.5. The van der Waals surface area contributed by atoms with Crippen molar-refractivity contribution in [2.24, 2.45) is 0 Å². The Bertz CT molecular complexity index is 1110. The molecule has 0 saturated carbocycles. The van der Waals surface area contributed by atoms with Crippen molar-refractivity contribution in [3.05, 3.63) is 22.7 Å². The maximum absolute atomic E-state index is 10.9. The summed E-state index contributed by atoms with van der Waals surface area (Å²) in [5.41, 5.74) is 0.602. The second-order valence-electron chi connectivity index (χ2n) is 5.55. The van der Waals surface area contributed by atoms with Gasteiger partial charge in [0.25, 0.3) is 5.22 Å². The van der Waals surface area contributed by atoms with E-state index in [9.17, 15) is 9.90 Å². The van der Waals surface area contributed by atoms with Gasteiger partial charge in [-0.15, -0.1) is 0 Å². The normalized spacial score (nSPS) is 14.1. The number of aromatic nitrogens is 4. The molecule has 4 rings (SSSR count). The van der Waals surface area contributed by atoms with Crippen molar-refractivity contribution in [3.63, 3.8) is 0 Å². The molecule has 1 saturated heterocycles. The van der Waals surface area contributed by atoms with Crippen LogP contribution in [0.2, 0.25) is 5.02 Å². The summed E-state index contributed by atoms with van der Waals surface area (Å²) in [5, 5.41) is 22.0. The number of aromatic amines is 1. The van der Waals surface area contributed by atoms with Gasteiger partial charge in [0.05, 0.1) is 16.5 Å². The first-order valence-electron chi connectivity index (χ1n) is 7.46. The highest BCUT2D eigenvalue weighted by Gasteiger charge is 2.30. The van der Waals surface area contributed by atoms with Crippen LogP contribution in [0, 0.1) is 11.3 Å². The van der Waals surface area contributed by atoms with Crippen LogP contribution in [0.1, 0.15) is 16.2 Å². The van der Waals surface area contributed by atoms with Gasteiger partial charge in [-0.1, -0.05) is 11.6 Å². The van der Waals surface area contributed by atoms with Crippen molar-refractivity contribution < 1.29 is 19.4 Å². The lowest BCUT2D eigenvalue weighted by Gasteiger charge is -2.37. The smallest absolute Gasteiger partial charge is 0.357 e. The SMILES string of the molecule is O=C(O)c1coc(Sc2nc(N3CC(O)C3)c3c(Cl)c(C#CCl)[nH]c3n2)n1. The van der Waals surface area contributed by atoms with Crippen LogP contribution in [0.15, 0.2) is 21.1 Å². The summed E-state index contributed by atoms with van der Waals surface area (Å²) >= 11 is 12.8. The van der Waals surface area contributed by atoms with E-state index in [1.54, 1.807) is 0 Å². The number of nitrogens with zero attached hydrogens (tertiary/aromatic N) is 4. The summed E-state index contributed by atoms with van der Waals surface area (Å²) in [6.07, 6.45) is 0.589. The second kappa shape index (κ2) is 6.94. The number of oxazole rings is 1. The van der Waals surface area contributed by atoms with Crippen molar-refractivity contribution in [2.75, 3.05) is 18.0 Å². The minimum absolute atomic E-state index is 0.0831. The van der Waals surface area contributed by atoms with Crippen molar-refractivity contribution in [1.82, 2.24) is 19.9 Å². The van der Waals surface area contributed by atoms with Gasteiger partial charge in [0, 0.05) is 30.2 Å². The molecule has 0 unspecified atom stereocenters. The molecular weight excluding hydrogens is 417 g/mol. The zero-order valence-corrected chi connectivity index (χ0v) is 15.6. The fourth-order valence-corrected chi connectivity index (χ4v) is 3.56. The average molecular weight is 426 g/mol. The Morgan fingerprint density at radius 2 is 2.19 bits per heavy atom. The van der Waals surface area contributed by atoms with Crippen molar-refractivity contribution in [2.45, 2.75) is 16.5 Å². The van der Waals surface area contributed by atoms with Crippen LogP contribution in [-0.2, 0) is 0 Å². The molecule has 0 radical (unpaired) electrons. The van der Waals surface area contributed by atoms with E-state index in [1.165, 1.54) is 0 Å². The number of hydrogen-bond acceptors (Lipinski definition) is 8. The molecule has 0 spiro atoms. The number of anilines is 1. The number of carboxylic acid groups (broad SMARTS) is 1. The Kier molecular flexibility index (Phi) is 4.61. The van der Waals surface area contributed by atoms with Crippen LogP contribution in [0.5, 0.6) is 0 Å². The van der Waals surface area contributed by atoms with Gasteiger partial charge in [0.1, 0.15) is 23.4 Å². The number of carbonyl (C=O) groups is 1. The highest BCUT2D eigenvalue weighted by molar-refractivity contribution is 7.98. The number of nitrogens with one attached hydrogen (secondary N) is 1. The zero-order valence-electron chi connectivity index (χ0n) is 13.2. The summed E-state index contributed by atoms with van der Waals surface area (Å²) < 4.78 is 5.13. The third-order valence-corrected chi connectivity index (χ3v) is 4.97. The number of H-pyrrole nitrogens is 1. The van der Waals surface area contributed by atoms with Gasteiger partial charge >= 0.3 is 5.97 Å². The van der Waals surface area contributed by atoms with E-state index < -0.39 is 12.1 Å². The molecule has 0 amide bonds. The first kappa shape index (κ1) is 17.9. The summed E-state index contributed by atoms with van der Waals surface area (Å²) in [4.78, 5) is 28.4. The lowest BCUT2D eigenvalue weighted by molar-refractivity contribution is 0.0690. The summed E-state index contributed by atoms with van der Waals surface area (Å²) in [7, 11) is 0. The molecule has 9 nitrogen and oxygen atoms in total. The first-order chi connectivity index (χ1) is 13.0. The molecule has 3 N–H and O–H groups in total. The van der Waals surface area contributed by atoms with E-state index in [1.807, 2.05) is 4.90 Å². The Morgan fingerprint density at radius 1 is 1.41 bits per heavy atom.